The van der Waals surface area contributed by atoms with Crippen LogP contribution in [-0.2, 0) is 9.53 Å². The molecule has 0 aromatic carbocycles. The van der Waals surface area contributed by atoms with Crippen LogP contribution in [0.5, 0.6) is 0 Å². The van der Waals surface area contributed by atoms with Gasteiger partial charge in [0.25, 0.3) is 0 Å². The van der Waals surface area contributed by atoms with Crippen LogP contribution in [0.25, 0.3) is 0 Å². The van der Waals surface area contributed by atoms with Crippen LogP contribution in [0, 0.1) is 0 Å². The van der Waals surface area contributed by atoms with Crippen molar-refractivity contribution in [2.75, 3.05) is 6.61 Å². The van der Waals surface area contributed by atoms with Gasteiger partial charge in [-0.05, 0) is 13.8 Å². The molecule has 0 amide bonds. The maximum Gasteiger partial charge on any atom is 0.324 e. The molecule has 0 radical (unpaired) electrons. The fourth-order valence-corrected chi connectivity index (χ4v) is 0.644. The molecule has 0 heterocycles. The predicted octanol–water partition coefficient (Wildman–Crippen LogP) is 2.24. The summed E-state index contributed by atoms with van der Waals surface area (Å²) >= 11 is 7.98. The van der Waals surface area contributed by atoms with Crippen LogP contribution in [0.2, 0.25) is 0 Å². The molecular weight excluding hydrogens is 238 g/mol. The zero-order chi connectivity index (χ0) is 9.07. The van der Waals surface area contributed by atoms with Gasteiger partial charge in [-0.2, -0.15) is 0 Å². The number of halogens is 3. The normalized spacial score (nSPS) is 18.6. The third kappa shape index (κ3) is 3.91. The minimum absolute atomic E-state index is 0.216. The summed E-state index contributed by atoms with van der Waals surface area (Å²) in [5.41, 5.74) is 0. The zero-order valence-corrected chi connectivity index (χ0v) is 8.58. The fraction of sp³-hybridized carbons (Fsp3) is 0.833. The second-order valence-electron chi connectivity index (χ2n) is 2.07. The van der Waals surface area contributed by atoms with Crippen LogP contribution in [0.3, 0.4) is 0 Å². The summed E-state index contributed by atoms with van der Waals surface area (Å²) in [4.78, 5) is 9.68. The van der Waals surface area contributed by atoms with Gasteiger partial charge in [0, 0.05) is 0 Å². The molecule has 0 N–H and O–H groups in total. The Hall–Kier alpha value is 0.170. The lowest BCUT2D eigenvalue weighted by atomic mass is 10.3. The largest absolute Gasteiger partial charge is 0.465 e. The van der Waals surface area contributed by atoms with Crippen molar-refractivity contribution in [3.63, 3.8) is 0 Å². The molecule has 2 nitrogen and oxygen atoms in total. The molecule has 0 aliphatic rings. The second kappa shape index (κ2) is 4.26. The number of rotatable bonds is 3. The second-order valence-corrected chi connectivity index (χ2v) is 3.73. The van der Waals surface area contributed by atoms with Crippen molar-refractivity contribution in [2.45, 2.75) is 23.8 Å². The Bertz CT molecular complexity index is 146. The number of hydrogen-bond acceptors (Lipinski definition) is 2. The van der Waals surface area contributed by atoms with Crippen LogP contribution in [0.15, 0.2) is 0 Å². The first-order chi connectivity index (χ1) is 4.89. The van der Waals surface area contributed by atoms with E-state index < -0.39 is 15.9 Å². The number of hydrogen-bond donors (Lipinski definition) is 0. The summed E-state index contributed by atoms with van der Waals surface area (Å²) in [6.07, 6.45) is 0. The van der Waals surface area contributed by atoms with Crippen LogP contribution < -0.4 is 0 Å². The fourth-order valence-electron chi connectivity index (χ4n) is 0.422. The summed E-state index contributed by atoms with van der Waals surface area (Å²) in [6.45, 7) is 2.94. The molecule has 0 aliphatic carbocycles. The summed E-state index contributed by atoms with van der Waals surface area (Å²) < 4.78 is 17.3. The third-order valence-electron chi connectivity index (χ3n) is 0.939. The Kier molecular flexibility index (Phi) is 4.32. The Morgan fingerprint density at radius 1 is 1.91 bits per heavy atom. The highest BCUT2D eigenvalue weighted by Gasteiger charge is 2.36. The van der Waals surface area contributed by atoms with E-state index in [2.05, 4.69) is 20.7 Å². The van der Waals surface area contributed by atoms with Gasteiger partial charge in [0.1, 0.15) is 0 Å². The van der Waals surface area contributed by atoms with E-state index in [0.717, 1.165) is 6.92 Å². The summed E-state index contributed by atoms with van der Waals surface area (Å²) in [7, 11) is 0. The van der Waals surface area contributed by atoms with Gasteiger partial charge < -0.3 is 4.74 Å². The van der Waals surface area contributed by atoms with Crippen molar-refractivity contribution < 1.29 is 13.9 Å². The minimum Gasteiger partial charge on any atom is -0.465 e. The molecular formula is C6H9BrClFO2. The molecule has 0 unspecified atom stereocenters. The molecule has 11 heavy (non-hydrogen) atoms. The Labute approximate surface area is 78.2 Å². The van der Waals surface area contributed by atoms with Gasteiger partial charge in [-0.3, -0.25) is 4.79 Å². The van der Waals surface area contributed by atoms with Crippen molar-refractivity contribution in [1.29, 1.82) is 0 Å². The Morgan fingerprint density at radius 2 is 2.36 bits per heavy atom. The highest BCUT2D eigenvalue weighted by atomic mass is 79.9. The highest BCUT2D eigenvalue weighted by molar-refractivity contribution is 9.10. The van der Waals surface area contributed by atoms with Crippen molar-refractivity contribution in [3.8, 4) is 0 Å². The van der Waals surface area contributed by atoms with E-state index in [1.165, 1.54) is 0 Å². The van der Waals surface area contributed by atoms with Crippen LogP contribution >= 0.6 is 27.5 Å². The van der Waals surface area contributed by atoms with E-state index in [1.807, 2.05) is 0 Å². The molecule has 0 saturated carbocycles. The number of carbonyl (C=O) groups is 1. The molecule has 0 spiro atoms. The van der Waals surface area contributed by atoms with Crippen molar-refractivity contribution in [1.82, 2.24) is 0 Å². The zero-order valence-electron chi connectivity index (χ0n) is 6.23. The quantitative estimate of drug-likeness (QED) is 0.565. The first-order valence-electron chi connectivity index (χ1n) is 3.08. The van der Waals surface area contributed by atoms with Crippen LogP contribution in [0.4, 0.5) is 4.39 Å². The minimum atomic E-state index is -2.10. The van der Waals surface area contributed by atoms with E-state index in [0.29, 0.717) is 0 Å². The smallest absolute Gasteiger partial charge is 0.324 e. The average Bonchev–Trinajstić information content (AvgIpc) is 1.85. The number of alkyl halides is 3. The summed E-state index contributed by atoms with van der Waals surface area (Å²) in [5.74, 6) is -0.687. The molecule has 0 aromatic rings. The molecule has 5 heteroatoms. The van der Waals surface area contributed by atoms with Gasteiger partial charge in [-0.1, -0.05) is 27.5 Å². The van der Waals surface area contributed by atoms with Gasteiger partial charge >= 0.3 is 5.97 Å². The third-order valence-corrected chi connectivity index (χ3v) is 2.65. The van der Waals surface area contributed by atoms with Gasteiger partial charge in [0.15, 0.2) is 4.83 Å². The number of esters is 1. The highest BCUT2D eigenvalue weighted by Crippen LogP contribution is 2.27. The summed E-state index contributed by atoms with van der Waals surface area (Å²) in [6, 6.07) is 0. The first kappa shape index (κ1) is 11.2. The number of carbonyl (C=O) groups excluding carboxylic acids is 1. The van der Waals surface area contributed by atoms with Gasteiger partial charge in [-0.15, -0.1) is 0 Å². The van der Waals surface area contributed by atoms with E-state index >= 15 is 0 Å². The van der Waals surface area contributed by atoms with Crippen LogP contribution in [-0.4, -0.2) is 22.5 Å². The molecule has 0 bridgehead atoms. The molecule has 0 aromatic heterocycles. The van der Waals surface area contributed by atoms with Gasteiger partial charge in [-0.25, -0.2) is 4.39 Å². The lowest BCUT2D eigenvalue weighted by Gasteiger charge is -2.16. The van der Waals surface area contributed by atoms with E-state index in [-0.39, 0.29) is 6.61 Å². The van der Waals surface area contributed by atoms with Crippen molar-refractivity contribution >= 4 is 33.5 Å². The SMILES string of the molecule is CCOC(=O)[C@@H](Br)[C@@](C)(F)Cl. The van der Waals surface area contributed by atoms with Gasteiger partial charge in [0.2, 0.25) is 5.13 Å². The van der Waals surface area contributed by atoms with E-state index in [9.17, 15) is 9.18 Å². The first-order valence-corrected chi connectivity index (χ1v) is 4.37. The molecule has 0 rings (SSSR count). The maximum atomic E-state index is 12.8. The topological polar surface area (TPSA) is 26.3 Å². The standard InChI is InChI=1S/C6H9BrClFO2/c1-3-11-5(10)4(7)6(2,8)9/h4H,3H2,1-2H3/t4-,6-/m1/s1. The monoisotopic (exact) mass is 246 g/mol. The average molecular weight is 247 g/mol. The van der Waals surface area contributed by atoms with E-state index in [4.69, 9.17) is 11.6 Å². The molecule has 66 valence electrons. The van der Waals surface area contributed by atoms with Crippen LogP contribution in [0.1, 0.15) is 13.8 Å². The van der Waals surface area contributed by atoms with E-state index in [1.54, 1.807) is 6.92 Å². The molecule has 0 fully saturated rings. The molecule has 0 aliphatic heterocycles. The predicted molar refractivity (Wildman–Crippen MR) is 44.7 cm³/mol. The molecule has 2 atom stereocenters. The Morgan fingerprint density at radius 3 is 2.64 bits per heavy atom. The van der Waals surface area contributed by atoms with Gasteiger partial charge in [0.05, 0.1) is 6.61 Å². The lowest BCUT2D eigenvalue weighted by Crippen LogP contribution is -2.32. The maximum absolute atomic E-state index is 12.8. The van der Waals surface area contributed by atoms with Crippen molar-refractivity contribution in [2.24, 2.45) is 0 Å². The number of ether oxygens (including phenoxy) is 1. The van der Waals surface area contributed by atoms with Crippen molar-refractivity contribution in [3.05, 3.63) is 0 Å². The summed E-state index contributed by atoms with van der Waals surface area (Å²) in [5, 5.41) is -2.10. The Balaban J connectivity index is 4.03. The molecule has 0 saturated heterocycles. The lowest BCUT2D eigenvalue weighted by molar-refractivity contribution is -0.143.